The second-order valence-electron chi connectivity index (χ2n) is 3.69. The molecule has 0 radical (unpaired) electrons. The van der Waals surface area contributed by atoms with Crippen molar-refractivity contribution in [3.8, 4) is 11.3 Å². The van der Waals surface area contributed by atoms with E-state index in [2.05, 4.69) is 5.10 Å². The summed E-state index contributed by atoms with van der Waals surface area (Å²) in [4.78, 5) is 10.8. The molecule has 0 aliphatic carbocycles. The smallest absolute Gasteiger partial charge is 0.153 e. The molecule has 0 amide bonds. The minimum atomic E-state index is -0.292. The van der Waals surface area contributed by atoms with Gasteiger partial charge in [-0.2, -0.15) is 5.10 Å². The van der Waals surface area contributed by atoms with E-state index in [1.807, 2.05) is 0 Å². The topological polar surface area (TPSA) is 34.9 Å². The highest BCUT2D eigenvalue weighted by Crippen LogP contribution is 2.22. The number of aldehydes is 1. The fraction of sp³-hybridized carbons (Fsp3) is 0.167. The van der Waals surface area contributed by atoms with Gasteiger partial charge in [0.2, 0.25) is 0 Å². The van der Waals surface area contributed by atoms with E-state index in [1.165, 1.54) is 10.7 Å². The molecule has 0 unspecified atom stereocenters. The number of hydrogen-bond donors (Lipinski definition) is 0. The number of hydrogen-bond acceptors (Lipinski definition) is 2. The highest BCUT2D eigenvalue weighted by atomic mass is 19.1. The fourth-order valence-corrected chi connectivity index (χ4v) is 1.56. The zero-order valence-electron chi connectivity index (χ0n) is 9.07. The Balaban J connectivity index is 2.57. The van der Waals surface area contributed by atoms with Crippen molar-refractivity contribution < 1.29 is 9.18 Å². The quantitative estimate of drug-likeness (QED) is 0.725. The van der Waals surface area contributed by atoms with Crippen LogP contribution in [0.5, 0.6) is 0 Å². The van der Waals surface area contributed by atoms with Gasteiger partial charge in [-0.25, -0.2) is 4.39 Å². The Kier molecular flexibility index (Phi) is 2.56. The van der Waals surface area contributed by atoms with Crippen molar-refractivity contribution in [2.24, 2.45) is 7.05 Å². The van der Waals surface area contributed by atoms with Crippen LogP contribution in [-0.2, 0) is 7.05 Å². The monoisotopic (exact) mass is 218 g/mol. The second kappa shape index (κ2) is 3.89. The van der Waals surface area contributed by atoms with Crippen LogP contribution in [-0.4, -0.2) is 16.1 Å². The maximum Gasteiger partial charge on any atom is 0.153 e. The van der Waals surface area contributed by atoms with Gasteiger partial charge in [0.15, 0.2) is 6.29 Å². The van der Waals surface area contributed by atoms with E-state index in [-0.39, 0.29) is 5.82 Å². The van der Waals surface area contributed by atoms with Crippen LogP contribution in [0.25, 0.3) is 11.3 Å². The van der Waals surface area contributed by atoms with Gasteiger partial charge in [-0.3, -0.25) is 9.48 Å². The number of halogens is 1. The number of aromatic nitrogens is 2. The van der Waals surface area contributed by atoms with Gasteiger partial charge in [-0.05, 0) is 18.6 Å². The van der Waals surface area contributed by atoms with Gasteiger partial charge in [0.1, 0.15) is 11.5 Å². The number of aryl methyl sites for hydroxylation is 2. The summed E-state index contributed by atoms with van der Waals surface area (Å²) in [6.07, 6.45) is 2.33. The molecule has 16 heavy (non-hydrogen) atoms. The van der Waals surface area contributed by atoms with Gasteiger partial charge in [0.25, 0.3) is 0 Å². The lowest BCUT2D eigenvalue weighted by Crippen LogP contribution is -1.90. The lowest BCUT2D eigenvalue weighted by atomic mass is 10.1. The molecule has 0 spiro atoms. The van der Waals surface area contributed by atoms with Crippen LogP contribution in [0.1, 0.15) is 15.9 Å². The third-order valence-corrected chi connectivity index (χ3v) is 2.43. The molecule has 0 aliphatic rings. The predicted molar refractivity (Wildman–Crippen MR) is 58.7 cm³/mol. The minimum absolute atomic E-state index is 0.292. The Morgan fingerprint density at radius 1 is 1.44 bits per heavy atom. The van der Waals surface area contributed by atoms with Crippen molar-refractivity contribution >= 4 is 6.29 Å². The molecule has 0 atom stereocenters. The van der Waals surface area contributed by atoms with Gasteiger partial charge in [-0.15, -0.1) is 0 Å². The van der Waals surface area contributed by atoms with Gasteiger partial charge in [0.05, 0.1) is 5.56 Å². The van der Waals surface area contributed by atoms with E-state index in [0.29, 0.717) is 22.4 Å². The highest BCUT2D eigenvalue weighted by molar-refractivity contribution is 5.85. The Morgan fingerprint density at radius 2 is 2.19 bits per heavy atom. The van der Waals surface area contributed by atoms with Crippen molar-refractivity contribution in [2.75, 3.05) is 0 Å². The molecular weight excluding hydrogens is 207 g/mol. The molecule has 0 saturated carbocycles. The van der Waals surface area contributed by atoms with E-state index in [1.54, 1.807) is 32.3 Å². The third kappa shape index (κ3) is 1.74. The molecule has 3 nitrogen and oxygen atoms in total. The zero-order chi connectivity index (χ0) is 11.7. The van der Waals surface area contributed by atoms with Crippen molar-refractivity contribution in [3.05, 3.63) is 41.3 Å². The summed E-state index contributed by atoms with van der Waals surface area (Å²) in [6.45, 7) is 1.69. The first kappa shape index (κ1) is 10.5. The van der Waals surface area contributed by atoms with Crippen LogP contribution in [0.2, 0.25) is 0 Å². The normalized spacial score (nSPS) is 10.4. The van der Waals surface area contributed by atoms with Gasteiger partial charge < -0.3 is 0 Å². The van der Waals surface area contributed by atoms with Crippen LogP contribution in [0.4, 0.5) is 4.39 Å². The molecule has 1 aromatic carbocycles. The SMILES string of the molecule is Cc1ccc(-c2nn(C)cc2C=O)cc1F. The summed E-state index contributed by atoms with van der Waals surface area (Å²) in [6, 6.07) is 4.83. The summed E-state index contributed by atoms with van der Waals surface area (Å²) < 4.78 is 14.9. The third-order valence-electron chi connectivity index (χ3n) is 2.43. The maximum absolute atomic E-state index is 13.4. The van der Waals surface area contributed by atoms with E-state index < -0.39 is 0 Å². The molecule has 2 rings (SSSR count). The molecule has 1 aromatic heterocycles. The van der Waals surface area contributed by atoms with E-state index in [4.69, 9.17) is 0 Å². The summed E-state index contributed by atoms with van der Waals surface area (Å²) >= 11 is 0. The lowest BCUT2D eigenvalue weighted by molar-refractivity contribution is 0.112. The fourth-order valence-electron chi connectivity index (χ4n) is 1.56. The Bertz CT molecular complexity index is 546. The van der Waals surface area contributed by atoms with Crippen LogP contribution < -0.4 is 0 Å². The van der Waals surface area contributed by atoms with Crippen molar-refractivity contribution in [3.63, 3.8) is 0 Å². The Labute approximate surface area is 92.5 Å². The van der Waals surface area contributed by atoms with E-state index in [0.717, 1.165) is 6.29 Å². The standard InChI is InChI=1S/C12H11FN2O/c1-8-3-4-9(5-11(8)13)12-10(7-16)6-15(2)14-12/h3-7H,1-2H3. The first-order chi connectivity index (χ1) is 7.61. The van der Waals surface area contributed by atoms with Crippen molar-refractivity contribution in [1.82, 2.24) is 9.78 Å². The van der Waals surface area contributed by atoms with Crippen LogP contribution in [0.15, 0.2) is 24.4 Å². The number of benzene rings is 1. The summed E-state index contributed by atoms with van der Waals surface area (Å²) in [5.74, 6) is -0.292. The molecule has 82 valence electrons. The van der Waals surface area contributed by atoms with E-state index in [9.17, 15) is 9.18 Å². The molecular formula is C12H11FN2O. The minimum Gasteiger partial charge on any atom is -0.298 e. The largest absolute Gasteiger partial charge is 0.298 e. The maximum atomic E-state index is 13.4. The molecule has 1 heterocycles. The molecule has 0 N–H and O–H groups in total. The van der Waals surface area contributed by atoms with Gasteiger partial charge in [0, 0.05) is 18.8 Å². The average Bonchev–Trinajstić information content (AvgIpc) is 2.63. The van der Waals surface area contributed by atoms with Gasteiger partial charge >= 0.3 is 0 Å². The predicted octanol–water partition coefficient (Wildman–Crippen LogP) is 2.35. The van der Waals surface area contributed by atoms with Crippen molar-refractivity contribution in [2.45, 2.75) is 6.92 Å². The average molecular weight is 218 g/mol. The lowest BCUT2D eigenvalue weighted by Gasteiger charge is -2.00. The van der Waals surface area contributed by atoms with E-state index >= 15 is 0 Å². The molecule has 2 aromatic rings. The summed E-state index contributed by atoms with van der Waals surface area (Å²) in [5.41, 5.74) is 2.17. The zero-order valence-corrected chi connectivity index (χ0v) is 9.07. The molecule has 0 bridgehead atoms. The summed E-state index contributed by atoms with van der Waals surface area (Å²) in [5, 5.41) is 4.14. The van der Waals surface area contributed by atoms with Crippen LogP contribution in [0.3, 0.4) is 0 Å². The van der Waals surface area contributed by atoms with Crippen molar-refractivity contribution in [1.29, 1.82) is 0 Å². The first-order valence-electron chi connectivity index (χ1n) is 4.87. The number of carbonyl (C=O) groups is 1. The first-order valence-corrected chi connectivity index (χ1v) is 4.87. The molecule has 0 saturated heterocycles. The molecule has 4 heteroatoms. The second-order valence-corrected chi connectivity index (χ2v) is 3.69. The van der Waals surface area contributed by atoms with Crippen LogP contribution in [0, 0.1) is 12.7 Å². The summed E-state index contributed by atoms with van der Waals surface area (Å²) in [7, 11) is 1.72. The number of nitrogens with zero attached hydrogens (tertiary/aromatic N) is 2. The molecule has 0 aliphatic heterocycles. The Hall–Kier alpha value is -1.97. The number of rotatable bonds is 2. The molecule has 0 fully saturated rings. The highest BCUT2D eigenvalue weighted by Gasteiger charge is 2.10. The Morgan fingerprint density at radius 3 is 2.81 bits per heavy atom. The van der Waals surface area contributed by atoms with Gasteiger partial charge in [-0.1, -0.05) is 12.1 Å². The number of carbonyl (C=O) groups excluding carboxylic acids is 1. The van der Waals surface area contributed by atoms with Crippen LogP contribution >= 0.6 is 0 Å².